The van der Waals surface area contributed by atoms with Gasteiger partial charge in [-0.1, -0.05) is 0 Å². The van der Waals surface area contributed by atoms with Crippen LogP contribution in [0.15, 0.2) is 18.2 Å². The lowest BCUT2D eigenvalue weighted by atomic mass is 10.1. The van der Waals surface area contributed by atoms with Crippen LogP contribution in [0, 0.1) is 0 Å². The number of amides is 1. The molecule has 1 saturated heterocycles. The third-order valence-electron chi connectivity index (χ3n) is 7.91. The summed E-state index contributed by atoms with van der Waals surface area (Å²) >= 11 is 0. The van der Waals surface area contributed by atoms with Crippen molar-refractivity contribution in [2.45, 2.75) is 44.8 Å². The molecular formula is C30H47N7O6. The van der Waals surface area contributed by atoms with E-state index in [4.69, 9.17) is 18.9 Å². The minimum absolute atomic E-state index is 0.0898. The second-order valence-electron chi connectivity index (χ2n) is 11.2. The first-order chi connectivity index (χ1) is 20.8. The fraction of sp³-hybridized carbons (Fsp3) is 0.633. The second kappa shape index (κ2) is 16.0. The van der Waals surface area contributed by atoms with Gasteiger partial charge in [-0.05, 0) is 52.1 Å². The molecular weight excluding hydrogens is 554 g/mol. The van der Waals surface area contributed by atoms with Gasteiger partial charge in [0.1, 0.15) is 6.61 Å². The van der Waals surface area contributed by atoms with E-state index in [1.165, 1.54) is 4.68 Å². The summed E-state index contributed by atoms with van der Waals surface area (Å²) in [7, 11) is 7.79. The lowest BCUT2D eigenvalue weighted by molar-refractivity contribution is 0.0417. The number of rotatable bonds is 14. The summed E-state index contributed by atoms with van der Waals surface area (Å²) < 4.78 is 22.5. The predicted octanol–water partition coefficient (Wildman–Crippen LogP) is 2.41. The van der Waals surface area contributed by atoms with Gasteiger partial charge in [0.2, 0.25) is 0 Å². The Labute approximate surface area is 254 Å². The summed E-state index contributed by atoms with van der Waals surface area (Å²) in [5.74, 6) is 0.0434. The minimum Gasteiger partial charge on any atom is -0.445 e. The molecule has 1 aromatic carbocycles. The Morgan fingerprint density at radius 1 is 1.16 bits per heavy atom. The number of ether oxygens (including phenoxy) is 4. The van der Waals surface area contributed by atoms with Crippen LogP contribution in [0.3, 0.4) is 0 Å². The molecule has 1 unspecified atom stereocenters. The molecule has 2 aliphatic heterocycles. The van der Waals surface area contributed by atoms with Crippen LogP contribution in [0.1, 0.15) is 41.4 Å². The standard InChI is InChI=1S/C30H47N7O6/c1-21(35(2)3)20-36(4)23-6-7-24(26(18-23)32-22-9-12-41-13-10-22)29(38)33-28-25-19-31-11-8-27(25)37(34-28)30(39)43-17-16-42-15-14-40-5/h6-7,18,21-22,31-32H,8-17,19-20H2,1-5H3,(H,33,34,38). The third kappa shape index (κ3) is 8.89. The predicted molar refractivity (Wildman–Crippen MR) is 165 cm³/mol. The molecule has 0 radical (unpaired) electrons. The van der Waals surface area contributed by atoms with Gasteiger partial charge in [-0.3, -0.25) is 4.79 Å². The molecule has 1 amide bonds. The number of aromatic nitrogens is 2. The van der Waals surface area contributed by atoms with Crippen molar-refractivity contribution in [3.63, 3.8) is 0 Å². The molecule has 238 valence electrons. The maximum absolute atomic E-state index is 13.8. The highest BCUT2D eigenvalue weighted by Gasteiger charge is 2.27. The van der Waals surface area contributed by atoms with Gasteiger partial charge in [-0.2, -0.15) is 4.68 Å². The van der Waals surface area contributed by atoms with Crippen LogP contribution in [-0.4, -0.2) is 120 Å². The molecule has 1 atom stereocenters. The van der Waals surface area contributed by atoms with Crippen molar-refractivity contribution in [1.82, 2.24) is 20.0 Å². The highest BCUT2D eigenvalue weighted by Crippen LogP contribution is 2.29. The summed E-state index contributed by atoms with van der Waals surface area (Å²) in [6.45, 7) is 6.80. The van der Waals surface area contributed by atoms with Crippen LogP contribution in [0.2, 0.25) is 0 Å². The monoisotopic (exact) mass is 601 g/mol. The van der Waals surface area contributed by atoms with Crippen LogP contribution >= 0.6 is 0 Å². The fourth-order valence-electron chi connectivity index (χ4n) is 5.08. The van der Waals surface area contributed by atoms with Gasteiger partial charge < -0.3 is 44.7 Å². The molecule has 0 spiro atoms. The first-order valence-corrected chi connectivity index (χ1v) is 15.0. The van der Waals surface area contributed by atoms with Gasteiger partial charge in [-0.15, -0.1) is 5.10 Å². The van der Waals surface area contributed by atoms with Crippen LogP contribution in [0.4, 0.5) is 22.0 Å². The Morgan fingerprint density at radius 2 is 1.93 bits per heavy atom. The Kier molecular flexibility index (Phi) is 12.2. The van der Waals surface area contributed by atoms with Crippen LogP contribution < -0.4 is 20.9 Å². The third-order valence-corrected chi connectivity index (χ3v) is 7.91. The summed E-state index contributed by atoms with van der Waals surface area (Å²) in [6, 6.07) is 6.40. The molecule has 43 heavy (non-hydrogen) atoms. The highest BCUT2D eigenvalue weighted by atomic mass is 16.6. The SMILES string of the molecule is COCCOCCOC(=O)n1nc(NC(=O)c2ccc(N(C)CC(C)N(C)C)cc2NC2CCOCC2)c2c1CCNC2. The molecule has 4 rings (SSSR count). The van der Waals surface area contributed by atoms with E-state index in [0.717, 1.165) is 42.0 Å². The molecule has 0 aliphatic carbocycles. The van der Waals surface area contributed by atoms with Gasteiger partial charge in [0.15, 0.2) is 5.82 Å². The molecule has 13 heteroatoms. The Hall–Kier alpha value is -3.23. The van der Waals surface area contributed by atoms with Crippen molar-refractivity contribution in [2.24, 2.45) is 0 Å². The van der Waals surface area contributed by atoms with Crippen LogP contribution in [0.5, 0.6) is 0 Å². The zero-order chi connectivity index (χ0) is 30.8. The number of hydrogen-bond acceptors (Lipinski definition) is 11. The summed E-state index contributed by atoms with van der Waals surface area (Å²) in [4.78, 5) is 31.1. The van der Waals surface area contributed by atoms with Crippen LogP contribution in [0.25, 0.3) is 0 Å². The average Bonchev–Trinajstić information content (AvgIpc) is 3.37. The number of carbonyl (C=O) groups is 2. The molecule has 2 aliphatic rings. The Balaban J connectivity index is 1.53. The molecule has 2 aromatic rings. The lowest BCUT2D eigenvalue weighted by Gasteiger charge is -2.29. The fourth-order valence-corrected chi connectivity index (χ4v) is 5.08. The van der Waals surface area contributed by atoms with Crippen molar-refractivity contribution in [3.8, 4) is 0 Å². The number of hydrogen-bond donors (Lipinski definition) is 3. The largest absolute Gasteiger partial charge is 0.445 e. The second-order valence-corrected chi connectivity index (χ2v) is 11.2. The summed E-state index contributed by atoms with van der Waals surface area (Å²) in [5, 5.41) is 14.4. The van der Waals surface area contributed by atoms with Gasteiger partial charge >= 0.3 is 6.09 Å². The number of anilines is 3. The van der Waals surface area contributed by atoms with E-state index < -0.39 is 6.09 Å². The number of nitrogens with zero attached hydrogens (tertiary/aromatic N) is 4. The number of nitrogens with one attached hydrogen (secondary N) is 3. The van der Waals surface area contributed by atoms with Gasteiger partial charge in [0.05, 0.1) is 31.1 Å². The van der Waals surface area contributed by atoms with Crippen molar-refractivity contribution < 1.29 is 28.5 Å². The molecule has 13 nitrogen and oxygen atoms in total. The van der Waals surface area contributed by atoms with Gasteiger partial charge in [0, 0.05) is 82.4 Å². The zero-order valence-electron chi connectivity index (χ0n) is 26.1. The van der Waals surface area contributed by atoms with Gasteiger partial charge in [-0.25, -0.2) is 4.79 Å². The lowest BCUT2D eigenvalue weighted by Crippen LogP contribution is -2.36. The number of fused-ring (bicyclic) bond motifs is 1. The van der Waals surface area contributed by atoms with E-state index in [1.807, 2.05) is 18.2 Å². The number of methoxy groups -OCH3 is 1. The molecule has 0 bridgehead atoms. The van der Waals surface area contributed by atoms with Crippen LogP contribution in [-0.2, 0) is 31.9 Å². The van der Waals surface area contributed by atoms with E-state index in [2.05, 4.69) is 58.9 Å². The molecule has 0 saturated carbocycles. The number of likely N-dealkylation sites (N-methyl/N-ethyl adjacent to an activating group) is 2. The summed E-state index contributed by atoms with van der Waals surface area (Å²) in [6.07, 6.45) is 1.71. The van der Waals surface area contributed by atoms with Crippen molar-refractivity contribution in [2.75, 3.05) is 96.5 Å². The van der Waals surface area contributed by atoms with E-state index in [0.29, 0.717) is 63.4 Å². The molecule has 1 aromatic heterocycles. The van der Waals surface area contributed by atoms with Crippen molar-refractivity contribution in [3.05, 3.63) is 35.0 Å². The smallest absolute Gasteiger partial charge is 0.435 e. The van der Waals surface area contributed by atoms with E-state index in [9.17, 15) is 9.59 Å². The van der Waals surface area contributed by atoms with E-state index in [1.54, 1.807) is 7.11 Å². The number of benzene rings is 1. The van der Waals surface area contributed by atoms with Crippen molar-refractivity contribution >= 4 is 29.2 Å². The normalized spacial score (nSPS) is 16.0. The maximum atomic E-state index is 13.8. The quantitative estimate of drug-likeness (QED) is 0.276. The average molecular weight is 602 g/mol. The minimum atomic E-state index is -0.602. The maximum Gasteiger partial charge on any atom is 0.435 e. The first-order valence-electron chi connectivity index (χ1n) is 15.0. The molecule has 1 fully saturated rings. The highest BCUT2D eigenvalue weighted by molar-refractivity contribution is 6.08. The Bertz CT molecular complexity index is 1210. The number of carbonyl (C=O) groups excluding carboxylic acids is 2. The molecule has 3 heterocycles. The van der Waals surface area contributed by atoms with E-state index >= 15 is 0 Å². The van der Waals surface area contributed by atoms with E-state index in [-0.39, 0.29) is 25.2 Å². The zero-order valence-corrected chi connectivity index (χ0v) is 26.1. The van der Waals surface area contributed by atoms with Gasteiger partial charge in [0.25, 0.3) is 5.91 Å². The topological polar surface area (TPSA) is 131 Å². The summed E-state index contributed by atoms with van der Waals surface area (Å²) in [5.41, 5.74) is 3.78. The Morgan fingerprint density at radius 3 is 2.67 bits per heavy atom. The first kappa shape index (κ1) is 32.7. The van der Waals surface area contributed by atoms with Crippen molar-refractivity contribution in [1.29, 1.82) is 0 Å². The molecule has 3 N–H and O–H groups in total.